The zero-order valence-electron chi connectivity index (χ0n) is 15.1. The Balaban J connectivity index is 2.41. The number of rotatable bonds is 1. The Hall–Kier alpha value is -2.31. The predicted octanol–water partition coefficient (Wildman–Crippen LogP) is 2.87. The van der Waals surface area contributed by atoms with Crippen molar-refractivity contribution in [2.24, 2.45) is 0 Å². The van der Waals surface area contributed by atoms with Crippen LogP contribution in [-0.4, -0.2) is 33.4 Å². The number of carbonyl (C=O) groups is 1. The van der Waals surface area contributed by atoms with Crippen LogP contribution in [0.5, 0.6) is 0 Å². The molecule has 1 aromatic heterocycles. The highest BCUT2D eigenvalue weighted by atomic mass is 16.6. The van der Waals surface area contributed by atoms with E-state index < -0.39 is 18.8 Å². The van der Waals surface area contributed by atoms with E-state index in [0.29, 0.717) is 11.0 Å². The maximum atomic E-state index is 12.9. The van der Waals surface area contributed by atoms with E-state index in [1.807, 2.05) is 46.8 Å². The van der Waals surface area contributed by atoms with E-state index >= 15 is 0 Å². The van der Waals surface area contributed by atoms with Crippen LogP contribution < -0.4 is 5.46 Å². The van der Waals surface area contributed by atoms with E-state index in [1.165, 1.54) is 0 Å². The van der Waals surface area contributed by atoms with Crippen molar-refractivity contribution in [3.63, 3.8) is 0 Å². The zero-order chi connectivity index (χ0) is 18.5. The molecular formula is C19H22BNO4. The fraction of sp³-hybridized carbons (Fsp3) is 0.316. The zero-order valence-corrected chi connectivity index (χ0v) is 15.1. The fourth-order valence-corrected chi connectivity index (χ4v) is 3.15. The molecule has 0 amide bonds. The van der Waals surface area contributed by atoms with Crippen molar-refractivity contribution < 1.29 is 19.6 Å². The molecule has 0 bridgehead atoms. The van der Waals surface area contributed by atoms with E-state index in [2.05, 4.69) is 0 Å². The van der Waals surface area contributed by atoms with Gasteiger partial charge in [0.05, 0.1) is 11.0 Å². The van der Waals surface area contributed by atoms with Crippen LogP contribution in [0.25, 0.3) is 21.8 Å². The summed E-state index contributed by atoms with van der Waals surface area (Å²) in [5.41, 5.74) is 3.21. The molecule has 0 unspecified atom stereocenters. The lowest BCUT2D eigenvalue weighted by Crippen LogP contribution is -2.29. The molecule has 0 radical (unpaired) electrons. The first-order valence-corrected chi connectivity index (χ1v) is 8.24. The summed E-state index contributed by atoms with van der Waals surface area (Å²) < 4.78 is 7.17. The summed E-state index contributed by atoms with van der Waals surface area (Å²) in [6.45, 7) is 9.41. The van der Waals surface area contributed by atoms with Crippen LogP contribution in [0.15, 0.2) is 30.3 Å². The summed E-state index contributed by atoms with van der Waals surface area (Å²) in [7, 11) is -1.56. The third-order valence-corrected chi connectivity index (χ3v) is 4.22. The lowest BCUT2D eigenvalue weighted by Gasteiger charge is -2.20. The average molecular weight is 339 g/mol. The highest BCUT2D eigenvalue weighted by Crippen LogP contribution is 2.33. The van der Waals surface area contributed by atoms with Crippen molar-refractivity contribution in [2.75, 3.05) is 0 Å². The van der Waals surface area contributed by atoms with Gasteiger partial charge in [-0.1, -0.05) is 24.3 Å². The van der Waals surface area contributed by atoms with Crippen molar-refractivity contribution in [3.8, 4) is 0 Å². The second-order valence-corrected chi connectivity index (χ2v) is 7.39. The first kappa shape index (κ1) is 17.5. The largest absolute Gasteiger partial charge is 0.488 e. The van der Waals surface area contributed by atoms with Crippen LogP contribution in [-0.2, 0) is 4.74 Å². The quantitative estimate of drug-likeness (QED) is 0.669. The molecule has 2 aromatic carbocycles. The lowest BCUT2D eigenvalue weighted by atomic mass is 9.79. The van der Waals surface area contributed by atoms with E-state index in [-0.39, 0.29) is 0 Å². The molecule has 6 heteroatoms. The van der Waals surface area contributed by atoms with Crippen LogP contribution in [0.2, 0.25) is 0 Å². The second-order valence-electron chi connectivity index (χ2n) is 7.39. The van der Waals surface area contributed by atoms with Gasteiger partial charge in [0.15, 0.2) is 0 Å². The molecule has 1 heterocycles. The van der Waals surface area contributed by atoms with Gasteiger partial charge >= 0.3 is 13.2 Å². The molecule has 5 nitrogen and oxygen atoms in total. The molecule has 3 aromatic rings. The number of aryl methyl sites for hydroxylation is 2. The number of carbonyl (C=O) groups excluding carboxylic acids is 1. The maximum absolute atomic E-state index is 12.9. The van der Waals surface area contributed by atoms with Gasteiger partial charge in [0.2, 0.25) is 0 Å². The smallest absolute Gasteiger partial charge is 0.443 e. The number of ether oxygens (including phenoxy) is 1. The Morgan fingerprint density at radius 2 is 1.72 bits per heavy atom. The molecule has 0 aliphatic rings. The third kappa shape index (κ3) is 3.03. The minimum absolute atomic E-state index is 0.386. The maximum Gasteiger partial charge on any atom is 0.488 e. The van der Waals surface area contributed by atoms with Crippen LogP contribution in [0.1, 0.15) is 31.9 Å². The van der Waals surface area contributed by atoms with Crippen LogP contribution >= 0.6 is 0 Å². The minimum atomic E-state index is -1.56. The molecule has 0 atom stereocenters. The number of nitrogens with zero attached hydrogens (tertiary/aromatic N) is 1. The first-order chi connectivity index (χ1) is 11.6. The van der Waals surface area contributed by atoms with Gasteiger partial charge in [-0.2, -0.15) is 0 Å². The van der Waals surface area contributed by atoms with E-state index in [4.69, 9.17) is 4.74 Å². The van der Waals surface area contributed by atoms with E-state index in [0.717, 1.165) is 27.4 Å². The Labute approximate surface area is 147 Å². The normalized spacial score (nSPS) is 12.0. The SMILES string of the molecule is Cc1ccc(C)c2c1c1cc(B(O)O)ccc1n2C(=O)OC(C)(C)C. The predicted molar refractivity (Wildman–Crippen MR) is 100 cm³/mol. The van der Waals surface area contributed by atoms with Gasteiger partial charge in [0.1, 0.15) is 5.60 Å². The monoisotopic (exact) mass is 339 g/mol. The summed E-state index contributed by atoms with van der Waals surface area (Å²) in [5, 5.41) is 20.7. The van der Waals surface area contributed by atoms with Crippen molar-refractivity contribution in [1.82, 2.24) is 4.57 Å². The van der Waals surface area contributed by atoms with Gasteiger partial charge in [0, 0.05) is 10.8 Å². The van der Waals surface area contributed by atoms with Gasteiger partial charge in [-0.3, -0.25) is 0 Å². The minimum Gasteiger partial charge on any atom is -0.443 e. The number of hydrogen-bond acceptors (Lipinski definition) is 4. The van der Waals surface area contributed by atoms with Crippen LogP contribution in [0.4, 0.5) is 4.79 Å². The van der Waals surface area contributed by atoms with E-state index in [9.17, 15) is 14.8 Å². The Morgan fingerprint density at radius 1 is 1.08 bits per heavy atom. The molecule has 0 aliphatic carbocycles. The highest BCUT2D eigenvalue weighted by molar-refractivity contribution is 6.59. The summed E-state index contributed by atoms with van der Waals surface area (Å²) in [4.78, 5) is 12.9. The van der Waals surface area contributed by atoms with Gasteiger partial charge in [-0.05, 0) is 57.3 Å². The standard InChI is InChI=1S/C19H22BNO4/c1-11-6-7-12(2)17-16(11)14-10-13(20(23)24)8-9-15(14)21(17)18(22)25-19(3,4)5/h6-10,23-24H,1-5H3. The first-order valence-electron chi connectivity index (χ1n) is 8.24. The van der Waals surface area contributed by atoms with Gasteiger partial charge < -0.3 is 14.8 Å². The van der Waals surface area contributed by atoms with Gasteiger partial charge in [-0.25, -0.2) is 9.36 Å². The summed E-state index contributed by atoms with van der Waals surface area (Å²) in [6, 6.07) is 9.03. The van der Waals surface area contributed by atoms with Crippen molar-refractivity contribution >= 4 is 40.5 Å². The topological polar surface area (TPSA) is 71.7 Å². The molecule has 2 N–H and O–H groups in total. The Kier molecular flexibility index (Phi) is 4.13. The molecule has 0 saturated heterocycles. The van der Waals surface area contributed by atoms with E-state index in [1.54, 1.807) is 22.8 Å². The lowest BCUT2D eigenvalue weighted by molar-refractivity contribution is 0.0551. The van der Waals surface area contributed by atoms with Gasteiger partial charge in [0.25, 0.3) is 0 Å². The Morgan fingerprint density at radius 3 is 2.32 bits per heavy atom. The Bertz CT molecular complexity index is 983. The number of aromatic nitrogens is 1. The van der Waals surface area contributed by atoms with Gasteiger partial charge in [-0.15, -0.1) is 0 Å². The number of hydrogen-bond donors (Lipinski definition) is 2. The van der Waals surface area contributed by atoms with Crippen molar-refractivity contribution in [3.05, 3.63) is 41.5 Å². The second kappa shape index (κ2) is 5.90. The molecule has 0 fully saturated rings. The van der Waals surface area contributed by atoms with Crippen LogP contribution in [0, 0.1) is 13.8 Å². The fourth-order valence-electron chi connectivity index (χ4n) is 3.15. The molecule has 3 rings (SSSR count). The van der Waals surface area contributed by atoms with Crippen molar-refractivity contribution in [1.29, 1.82) is 0 Å². The number of fused-ring (bicyclic) bond motifs is 3. The molecule has 25 heavy (non-hydrogen) atoms. The summed E-state index contributed by atoms with van der Waals surface area (Å²) in [5.74, 6) is 0. The van der Waals surface area contributed by atoms with Crippen LogP contribution in [0.3, 0.4) is 0 Å². The summed E-state index contributed by atoms with van der Waals surface area (Å²) >= 11 is 0. The summed E-state index contributed by atoms with van der Waals surface area (Å²) in [6.07, 6.45) is -0.446. The molecule has 0 saturated carbocycles. The van der Waals surface area contributed by atoms with Crippen molar-refractivity contribution in [2.45, 2.75) is 40.2 Å². The molecule has 0 spiro atoms. The highest BCUT2D eigenvalue weighted by Gasteiger charge is 2.25. The molecule has 0 aliphatic heterocycles. The molecular weight excluding hydrogens is 317 g/mol. The third-order valence-electron chi connectivity index (χ3n) is 4.22. The average Bonchev–Trinajstić information content (AvgIpc) is 2.84. The number of benzene rings is 2. The molecule has 130 valence electrons.